The second-order valence-electron chi connectivity index (χ2n) is 6.17. The van der Waals surface area contributed by atoms with Gasteiger partial charge in [-0.1, -0.05) is 31.2 Å². The minimum Gasteiger partial charge on any atom is -0.324 e. The van der Waals surface area contributed by atoms with Crippen molar-refractivity contribution >= 4 is 27.3 Å². The summed E-state index contributed by atoms with van der Waals surface area (Å²) in [4.78, 5) is 12.8. The molecule has 26 heavy (non-hydrogen) atoms. The van der Waals surface area contributed by atoms with E-state index in [0.29, 0.717) is 5.69 Å². The molecule has 5 nitrogen and oxygen atoms in total. The standard InChI is InChI=1S/C19H23FN2O3S/c1-5-15-9-6-8-13(2)18(15)21-19(23)14(3)22(26(4,24)25)17-11-7-10-16(20)12-17/h6-12,14H,5H2,1-4H3,(H,21,23). The second kappa shape index (κ2) is 7.86. The molecule has 0 fully saturated rings. The molecule has 0 aromatic heterocycles. The molecule has 0 aliphatic rings. The van der Waals surface area contributed by atoms with Gasteiger partial charge in [-0.15, -0.1) is 0 Å². The number of para-hydroxylation sites is 1. The summed E-state index contributed by atoms with van der Waals surface area (Å²) in [5.74, 6) is -1.06. The topological polar surface area (TPSA) is 66.5 Å². The van der Waals surface area contributed by atoms with Gasteiger partial charge in [0.25, 0.3) is 0 Å². The number of hydrogen-bond acceptors (Lipinski definition) is 3. The molecule has 0 radical (unpaired) electrons. The molecule has 0 spiro atoms. The van der Waals surface area contributed by atoms with Crippen LogP contribution in [0.1, 0.15) is 25.0 Å². The Bertz CT molecular complexity index is 913. The Hall–Kier alpha value is -2.41. The molecule has 1 N–H and O–H groups in total. The maximum absolute atomic E-state index is 13.6. The summed E-state index contributed by atoms with van der Waals surface area (Å²) in [6.45, 7) is 5.33. The molecule has 0 aliphatic heterocycles. The monoisotopic (exact) mass is 378 g/mol. The van der Waals surface area contributed by atoms with Crippen LogP contribution in [0, 0.1) is 12.7 Å². The zero-order valence-corrected chi connectivity index (χ0v) is 16.1. The van der Waals surface area contributed by atoms with Crippen LogP contribution in [0.25, 0.3) is 0 Å². The summed E-state index contributed by atoms with van der Waals surface area (Å²) >= 11 is 0. The van der Waals surface area contributed by atoms with Crippen molar-refractivity contribution < 1.29 is 17.6 Å². The Labute approximate surface area is 153 Å². The molecule has 0 bridgehead atoms. The smallest absolute Gasteiger partial charge is 0.248 e. The largest absolute Gasteiger partial charge is 0.324 e. The number of rotatable bonds is 6. The molecule has 0 saturated heterocycles. The van der Waals surface area contributed by atoms with E-state index in [1.54, 1.807) is 0 Å². The lowest BCUT2D eigenvalue weighted by molar-refractivity contribution is -0.116. The lowest BCUT2D eigenvalue weighted by Crippen LogP contribution is -2.45. The van der Waals surface area contributed by atoms with Crippen molar-refractivity contribution in [1.82, 2.24) is 0 Å². The van der Waals surface area contributed by atoms with Crippen molar-refractivity contribution in [3.63, 3.8) is 0 Å². The first kappa shape index (κ1) is 19.9. The summed E-state index contributed by atoms with van der Waals surface area (Å²) in [6, 6.07) is 9.82. The van der Waals surface area contributed by atoms with Crippen LogP contribution in [0.5, 0.6) is 0 Å². The molecule has 140 valence electrons. The Balaban J connectivity index is 2.38. The molecule has 0 saturated carbocycles. The van der Waals surface area contributed by atoms with Crippen LogP contribution in [-0.4, -0.2) is 26.6 Å². The highest BCUT2D eigenvalue weighted by atomic mass is 32.2. The Morgan fingerprint density at radius 2 is 1.88 bits per heavy atom. The minimum absolute atomic E-state index is 0.107. The van der Waals surface area contributed by atoms with Gasteiger partial charge in [0, 0.05) is 5.69 Å². The molecule has 7 heteroatoms. The highest BCUT2D eigenvalue weighted by Gasteiger charge is 2.29. The van der Waals surface area contributed by atoms with Gasteiger partial charge in [0.2, 0.25) is 15.9 Å². The maximum atomic E-state index is 13.6. The van der Waals surface area contributed by atoms with E-state index < -0.39 is 27.8 Å². The van der Waals surface area contributed by atoms with E-state index >= 15 is 0 Å². The first-order valence-corrected chi connectivity index (χ1v) is 10.1. The summed E-state index contributed by atoms with van der Waals surface area (Å²) in [6.07, 6.45) is 1.72. The van der Waals surface area contributed by atoms with Crippen LogP contribution in [0.15, 0.2) is 42.5 Å². The Morgan fingerprint density at radius 3 is 2.46 bits per heavy atom. The molecule has 2 rings (SSSR count). The van der Waals surface area contributed by atoms with E-state index in [9.17, 15) is 17.6 Å². The van der Waals surface area contributed by atoms with Crippen LogP contribution in [-0.2, 0) is 21.2 Å². The number of anilines is 2. The fourth-order valence-electron chi connectivity index (χ4n) is 2.85. The van der Waals surface area contributed by atoms with Crippen molar-refractivity contribution in [2.45, 2.75) is 33.2 Å². The maximum Gasteiger partial charge on any atom is 0.248 e. The third kappa shape index (κ3) is 4.40. The third-order valence-electron chi connectivity index (χ3n) is 4.14. The lowest BCUT2D eigenvalue weighted by atomic mass is 10.1. The number of carbonyl (C=O) groups excluding carboxylic acids is 1. The van der Waals surface area contributed by atoms with E-state index in [-0.39, 0.29) is 5.69 Å². The van der Waals surface area contributed by atoms with Crippen molar-refractivity contribution in [2.24, 2.45) is 0 Å². The number of hydrogen-bond donors (Lipinski definition) is 1. The summed E-state index contributed by atoms with van der Waals surface area (Å²) in [5, 5.41) is 2.83. The molecule has 1 unspecified atom stereocenters. The number of carbonyl (C=O) groups is 1. The number of sulfonamides is 1. The number of nitrogens with zero attached hydrogens (tertiary/aromatic N) is 1. The number of amides is 1. The minimum atomic E-state index is -3.79. The van der Waals surface area contributed by atoms with E-state index in [4.69, 9.17) is 0 Å². The Morgan fingerprint density at radius 1 is 1.23 bits per heavy atom. The van der Waals surface area contributed by atoms with Gasteiger partial charge >= 0.3 is 0 Å². The van der Waals surface area contributed by atoms with Gasteiger partial charge in [0.1, 0.15) is 11.9 Å². The summed E-state index contributed by atoms with van der Waals surface area (Å²) in [5.41, 5.74) is 2.64. The number of halogens is 1. The summed E-state index contributed by atoms with van der Waals surface area (Å²) < 4.78 is 39.0. The first-order chi connectivity index (χ1) is 12.1. The van der Waals surface area contributed by atoms with E-state index in [2.05, 4.69) is 5.32 Å². The number of benzene rings is 2. The predicted molar refractivity (Wildman–Crippen MR) is 102 cm³/mol. The van der Waals surface area contributed by atoms with E-state index in [1.165, 1.54) is 25.1 Å². The molecule has 0 aliphatic carbocycles. The summed E-state index contributed by atoms with van der Waals surface area (Å²) in [7, 11) is -3.79. The molecule has 0 heterocycles. The Kier molecular flexibility index (Phi) is 6.02. The van der Waals surface area contributed by atoms with Gasteiger partial charge in [-0.3, -0.25) is 9.10 Å². The lowest BCUT2D eigenvalue weighted by Gasteiger charge is -2.28. The van der Waals surface area contributed by atoms with Gasteiger partial charge in [-0.25, -0.2) is 12.8 Å². The second-order valence-corrected chi connectivity index (χ2v) is 8.03. The van der Waals surface area contributed by atoms with Gasteiger partial charge in [0.05, 0.1) is 11.9 Å². The van der Waals surface area contributed by atoms with Gasteiger partial charge < -0.3 is 5.32 Å². The average Bonchev–Trinajstić information content (AvgIpc) is 2.55. The molecule has 2 aromatic carbocycles. The van der Waals surface area contributed by atoms with E-state index in [1.807, 2.05) is 32.0 Å². The zero-order valence-electron chi connectivity index (χ0n) is 15.3. The normalized spacial score (nSPS) is 12.5. The quantitative estimate of drug-likeness (QED) is 0.837. The van der Waals surface area contributed by atoms with Crippen molar-refractivity contribution in [3.8, 4) is 0 Å². The van der Waals surface area contributed by atoms with Crippen molar-refractivity contribution in [2.75, 3.05) is 15.9 Å². The van der Waals surface area contributed by atoms with Crippen molar-refractivity contribution in [1.29, 1.82) is 0 Å². The highest BCUT2D eigenvalue weighted by Crippen LogP contribution is 2.25. The molecule has 1 amide bonds. The van der Waals surface area contributed by atoms with Crippen LogP contribution < -0.4 is 9.62 Å². The van der Waals surface area contributed by atoms with Gasteiger partial charge in [-0.2, -0.15) is 0 Å². The van der Waals surface area contributed by atoms with Crippen LogP contribution >= 0.6 is 0 Å². The predicted octanol–water partition coefficient (Wildman–Crippen LogP) is 3.49. The molecule has 1 atom stereocenters. The average molecular weight is 378 g/mol. The van der Waals surface area contributed by atoms with E-state index in [0.717, 1.165) is 34.2 Å². The highest BCUT2D eigenvalue weighted by molar-refractivity contribution is 7.92. The van der Waals surface area contributed by atoms with Crippen LogP contribution in [0.2, 0.25) is 0 Å². The van der Waals surface area contributed by atoms with Gasteiger partial charge in [-0.05, 0) is 49.6 Å². The van der Waals surface area contributed by atoms with Crippen LogP contribution in [0.4, 0.5) is 15.8 Å². The van der Waals surface area contributed by atoms with Gasteiger partial charge in [0.15, 0.2) is 0 Å². The third-order valence-corrected chi connectivity index (χ3v) is 5.38. The fraction of sp³-hybridized carbons (Fsp3) is 0.316. The van der Waals surface area contributed by atoms with Crippen molar-refractivity contribution in [3.05, 3.63) is 59.4 Å². The van der Waals surface area contributed by atoms with Crippen LogP contribution in [0.3, 0.4) is 0 Å². The molecular weight excluding hydrogens is 355 g/mol. The fourth-order valence-corrected chi connectivity index (χ4v) is 4.02. The number of aryl methyl sites for hydroxylation is 2. The molecule has 2 aromatic rings. The molecular formula is C19H23FN2O3S. The number of nitrogens with one attached hydrogen (secondary N) is 1. The SMILES string of the molecule is CCc1cccc(C)c1NC(=O)C(C)N(c1cccc(F)c1)S(C)(=O)=O. The first-order valence-electron chi connectivity index (χ1n) is 8.29. The zero-order chi connectivity index (χ0) is 19.5.